The van der Waals surface area contributed by atoms with Gasteiger partial charge in [0.25, 0.3) is 0 Å². The second-order valence-electron chi connectivity index (χ2n) is 15.5. The lowest BCUT2D eigenvalue weighted by atomic mass is 9.97. The Morgan fingerprint density at radius 2 is 1.18 bits per heavy atom. The highest BCUT2D eigenvalue weighted by Crippen LogP contribution is 2.27. The van der Waals surface area contributed by atoms with E-state index >= 15 is 0 Å². The van der Waals surface area contributed by atoms with Gasteiger partial charge in [-0.3, -0.25) is 4.79 Å². The van der Waals surface area contributed by atoms with Crippen molar-refractivity contribution in [3.05, 3.63) is 249 Å². The Kier molecular flexibility index (Phi) is 28.5. The predicted molar refractivity (Wildman–Crippen MR) is 298 cm³/mol. The van der Waals surface area contributed by atoms with Crippen LogP contribution in [0.25, 0.3) is 45.9 Å². The number of fused-ring (bicyclic) bond motifs is 1. The number of benzene rings is 4. The molecule has 6 rings (SSSR count). The molecule has 2 heteroatoms. The van der Waals surface area contributed by atoms with E-state index in [2.05, 4.69) is 151 Å². The van der Waals surface area contributed by atoms with Crippen molar-refractivity contribution in [1.82, 2.24) is 0 Å². The predicted octanol–water partition coefficient (Wildman–Crippen LogP) is 17.5. The van der Waals surface area contributed by atoms with Crippen LogP contribution in [0.2, 0.25) is 0 Å². The smallest absolute Gasteiger partial charge is 0.199 e. The lowest BCUT2D eigenvalue weighted by Gasteiger charge is -2.08. The quantitative estimate of drug-likeness (QED) is 0.115. The van der Waals surface area contributed by atoms with E-state index < -0.39 is 0 Å². The summed E-state index contributed by atoms with van der Waals surface area (Å²) < 4.78 is 5.94. The Hall–Kier alpha value is -6.77. The van der Waals surface area contributed by atoms with Crippen LogP contribution in [0.4, 0.5) is 0 Å². The molecule has 0 N–H and O–H groups in total. The lowest BCUT2D eigenvalue weighted by molar-refractivity contribution is 0.559. The zero-order valence-corrected chi connectivity index (χ0v) is 42.6. The first-order valence-corrected chi connectivity index (χ1v) is 23.2. The largest absolute Gasteiger partial charge is 0.456 e. The summed E-state index contributed by atoms with van der Waals surface area (Å²) in [5, 5.41) is 0.930. The Bertz CT molecular complexity index is 2680. The maximum atomic E-state index is 12.5. The highest BCUT2D eigenvalue weighted by Gasteiger charge is 2.07. The molecule has 66 heavy (non-hydrogen) atoms. The third kappa shape index (κ3) is 20.0. The Labute approximate surface area is 400 Å². The third-order valence-electron chi connectivity index (χ3n) is 9.98. The second-order valence-corrected chi connectivity index (χ2v) is 15.5. The highest BCUT2D eigenvalue weighted by molar-refractivity contribution is 5.84. The van der Waals surface area contributed by atoms with Crippen LogP contribution in [-0.4, -0.2) is 0 Å². The molecule has 1 aliphatic carbocycles. The number of aryl methyl sites for hydroxylation is 3. The van der Waals surface area contributed by atoms with Gasteiger partial charge >= 0.3 is 0 Å². The van der Waals surface area contributed by atoms with Crippen LogP contribution in [0.5, 0.6) is 0 Å². The van der Waals surface area contributed by atoms with Gasteiger partial charge in [0.2, 0.25) is 0 Å². The number of hydrogen-bond donors (Lipinski definition) is 0. The molecule has 0 saturated carbocycles. The average Bonchev–Trinajstić information content (AvgIpc) is 3.54. The van der Waals surface area contributed by atoms with Crippen molar-refractivity contribution in [2.75, 3.05) is 0 Å². The van der Waals surface area contributed by atoms with E-state index in [-0.39, 0.29) is 5.43 Å². The van der Waals surface area contributed by atoms with Crippen LogP contribution in [0.1, 0.15) is 110 Å². The Morgan fingerprint density at radius 3 is 1.64 bits per heavy atom. The van der Waals surface area contributed by atoms with Gasteiger partial charge in [-0.15, -0.1) is 0 Å². The van der Waals surface area contributed by atoms with Gasteiger partial charge in [0.1, 0.15) is 11.0 Å². The monoisotopic (exact) mass is 879 g/mol. The first-order chi connectivity index (χ1) is 31.7. The minimum absolute atomic E-state index is 0.0940. The van der Waals surface area contributed by atoms with Gasteiger partial charge in [-0.1, -0.05) is 210 Å². The maximum Gasteiger partial charge on any atom is 0.199 e. The normalized spacial score (nSPS) is 12.3. The van der Waals surface area contributed by atoms with E-state index in [1.54, 1.807) is 12.1 Å². The summed E-state index contributed by atoms with van der Waals surface area (Å²) in [7, 11) is 0. The van der Waals surface area contributed by atoms with Gasteiger partial charge < -0.3 is 4.42 Å². The number of hydrogen-bond acceptors (Lipinski definition) is 2. The van der Waals surface area contributed by atoms with Crippen molar-refractivity contribution < 1.29 is 4.42 Å². The van der Waals surface area contributed by atoms with E-state index in [4.69, 9.17) is 4.42 Å². The van der Waals surface area contributed by atoms with E-state index in [9.17, 15) is 4.79 Å². The van der Waals surface area contributed by atoms with Crippen LogP contribution in [0, 0.1) is 20.8 Å². The summed E-state index contributed by atoms with van der Waals surface area (Å²) in [5.41, 5.74) is 15.8. The summed E-state index contributed by atoms with van der Waals surface area (Å²) in [6.45, 7) is 38.0. The molecule has 0 atom stereocenters. The van der Waals surface area contributed by atoms with Crippen LogP contribution in [0.15, 0.2) is 209 Å². The fraction of sp³-hybridized carbons (Fsp3) is 0.234. The minimum atomic E-state index is -0.0940. The summed E-state index contributed by atoms with van der Waals surface area (Å²) in [6, 6.07) is 31.2. The molecule has 5 aromatic rings. The molecule has 0 bridgehead atoms. The van der Waals surface area contributed by atoms with Crippen molar-refractivity contribution in [3.63, 3.8) is 0 Å². The van der Waals surface area contributed by atoms with Crippen molar-refractivity contribution in [1.29, 1.82) is 0 Å². The average molecular weight is 879 g/mol. The van der Waals surface area contributed by atoms with Gasteiger partial charge in [0.05, 0.1) is 10.6 Å². The summed E-state index contributed by atoms with van der Waals surface area (Å²) in [4.78, 5) is 12.5. The van der Waals surface area contributed by atoms with Crippen molar-refractivity contribution in [3.8, 4) is 11.1 Å². The first kappa shape index (κ1) is 57.2. The van der Waals surface area contributed by atoms with Crippen LogP contribution in [0.3, 0.4) is 0 Å². The molecule has 0 radical (unpaired) electrons. The SMILES string of the molecule is C/C=C/C.C=C(C)/C=C\C.C=C(C)/C=C\C(=C/C)c1ccc2c(=O)c(=C)/c(=C\C=C/CC)oc2c1.CC.CC1=C(c2ccccc2C)C=CCC=C1.Cc1ccccc1-c1ccccc1C. The minimum Gasteiger partial charge on any atom is -0.456 e. The van der Waals surface area contributed by atoms with Gasteiger partial charge in [-0.05, 0) is 156 Å². The van der Waals surface area contributed by atoms with E-state index in [0.29, 0.717) is 21.6 Å². The zero-order chi connectivity index (χ0) is 49.4. The third-order valence-corrected chi connectivity index (χ3v) is 9.98. The standard InChI is InChI=1S/C23H24O2.C15H16.C14H14.C6H10.C4H8.C2H6/c1-6-8-9-10-21-17(5)23(24)20-14-13-19(15-22(20)25-21)18(7-2)12-11-16(3)4;1-12-8-4-3-5-10-14(12)15-11-7-6-9-13(15)2;1-11-7-3-5-9-13(11)14-10-6-4-8-12(14)2;1-4-5-6(2)3;1-3-4-2;1-2/h7-15H,3,5-6H2,1-2,4H3;4-11H,3H2,1-2H3;3-10H,1-2H3;4-5H,2H2,1,3H3;3-4H,1-2H3;1-2H3/b9-8-,12-11-,18-7+,21-10+;;;5-4-;4-3+;. The molecule has 4 aromatic carbocycles. The Balaban J connectivity index is 0.000000457. The molecule has 1 aliphatic rings. The van der Waals surface area contributed by atoms with Crippen LogP contribution >= 0.6 is 0 Å². The van der Waals surface area contributed by atoms with E-state index in [1.165, 1.54) is 44.5 Å². The molecular formula is C64H78O2. The summed E-state index contributed by atoms with van der Waals surface area (Å²) in [6.07, 6.45) is 30.4. The molecule has 0 fully saturated rings. The molecule has 0 spiro atoms. The van der Waals surface area contributed by atoms with Crippen molar-refractivity contribution in [2.24, 2.45) is 0 Å². The fourth-order valence-electron chi connectivity index (χ4n) is 6.39. The number of rotatable bonds is 8. The zero-order valence-electron chi connectivity index (χ0n) is 42.6. The second kappa shape index (κ2) is 32.8. The summed E-state index contributed by atoms with van der Waals surface area (Å²) in [5.74, 6) is 0. The molecule has 0 aliphatic heterocycles. The van der Waals surface area contributed by atoms with E-state index in [0.717, 1.165) is 35.1 Å². The van der Waals surface area contributed by atoms with Gasteiger partial charge in [0, 0.05) is 0 Å². The van der Waals surface area contributed by atoms with Crippen LogP contribution in [-0.2, 0) is 0 Å². The molecule has 1 aromatic heterocycles. The maximum absolute atomic E-state index is 12.5. The highest BCUT2D eigenvalue weighted by atomic mass is 16.3. The molecule has 346 valence electrons. The fourth-order valence-corrected chi connectivity index (χ4v) is 6.39. The summed E-state index contributed by atoms with van der Waals surface area (Å²) >= 11 is 0. The molecule has 0 unspecified atom stereocenters. The van der Waals surface area contributed by atoms with Gasteiger partial charge in [-0.25, -0.2) is 0 Å². The first-order valence-electron chi connectivity index (χ1n) is 23.2. The van der Waals surface area contributed by atoms with Crippen molar-refractivity contribution in [2.45, 2.75) is 103 Å². The molecular weight excluding hydrogens is 801 g/mol. The van der Waals surface area contributed by atoms with Crippen molar-refractivity contribution >= 4 is 34.8 Å². The topological polar surface area (TPSA) is 30.2 Å². The van der Waals surface area contributed by atoms with Crippen LogP contribution < -0.4 is 16.1 Å². The lowest BCUT2D eigenvalue weighted by Crippen LogP contribution is -2.37. The Morgan fingerprint density at radius 1 is 0.667 bits per heavy atom. The molecule has 0 amide bonds. The molecule has 2 nitrogen and oxygen atoms in total. The molecule has 0 saturated heterocycles. The van der Waals surface area contributed by atoms with Gasteiger partial charge in [0.15, 0.2) is 5.43 Å². The van der Waals surface area contributed by atoms with Gasteiger partial charge in [-0.2, -0.15) is 0 Å². The number of allylic oxidation sites excluding steroid dienone is 18. The van der Waals surface area contributed by atoms with E-state index in [1.807, 2.05) is 122 Å². The molecule has 1 heterocycles.